The third-order valence-corrected chi connectivity index (χ3v) is 3.50. The molecule has 2 rings (SSSR count). The second-order valence-electron chi connectivity index (χ2n) is 4.80. The van der Waals surface area contributed by atoms with Gasteiger partial charge in [0.15, 0.2) is 11.9 Å². The van der Waals surface area contributed by atoms with E-state index in [4.69, 9.17) is 0 Å². The number of pyridine rings is 1. The van der Waals surface area contributed by atoms with Gasteiger partial charge in [-0.15, -0.1) is 0 Å². The van der Waals surface area contributed by atoms with Crippen molar-refractivity contribution < 1.29 is 24.7 Å². The summed E-state index contributed by atoms with van der Waals surface area (Å²) in [4.78, 5) is 12.2. The van der Waals surface area contributed by atoms with Gasteiger partial charge >= 0.3 is 0 Å². The molecule has 1 aromatic carbocycles. The van der Waals surface area contributed by atoms with Gasteiger partial charge in [-0.3, -0.25) is 4.79 Å². The summed E-state index contributed by atoms with van der Waals surface area (Å²) in [6, 6.07) is 8.87. The number of rotatable bonds is 5. The van der Waals surface area contributed by atoms with Crippen LogP contribution in [0.2, 0.25) is 0 Å². The van der Waals surface area contributed by atoms with Crippen LogP contribution in [-0.2, 0) is 19.8 Å². The Kier molecular flexibility index (Phi) is 4.67. The van der Waals surface area contributed by atoms with Gasteiger partial charge in [0.25, 0.3) is 0 Å². The Morgan fingerprint density at radius 1 is 1.14 bits per heavy atom. The first-order valence-corrected chi connectivity index (χ1v) is 6.62. The Hall–Kier alpha value is -2.24. The highest BCUT2D eigenvalue weighted by Crippen LogP contribution is 2.22. The van der Waals surface area contributed by atoms with Crippen molar-refractivity contribution in [1.82, 2.24) is 0 Å². The molecule has 3 N–H and O–H groups in total. The van der Waals surface area contributed by atoms with E-state index in [0.29, 0.717) is 22.4 Å². The van der Waals surface area contributed by atoms with Crippen molar-refractivity contribution in [3.63, 3.8) is 0 Å². The number of aromatic hydroxyl groups is 1. The van der Waals surface area contributed by atoms with E-state index in [1.165, 1.54) is 0 Å². The highest BCUT2D eigenvalue weighted by Gasteiger charge is 2.22. The topological polar surface area (TPSA) is 81.6 Å². The first kappa shape index (κ1) is 15.2. The molecule has 110 valence electrons. The molecule has 0 amide bonds. The molecule has 5 heteroatoms. The van der Waals surface area contributed by atoms with Gasteiger partial charge in [-0.1, -0.05) is 30.3 Å². The molecule has 0 saturated heterocycles. The normalized spacial score (nSPS) is 10.6. The number of hydrogen-bond donors (Lipinski definition) is 3. The Bertz CT molecular complexity index is 653. The number of nitrogens with zero attached hydrogens (tertiary/aromatic N) is 1. The number of aliphatic hydroxyl groups excluding tert-OH is 2. The summed E-state index contributed by atoms with van der Waals surface area (Å²) in [7, 11) is 0. The van der Waals surface area contributed by atoms with E-state index in [-0.39, 0.29) is 31.3 Å². The van der Waals surface area contributed by atoms with E-state index in [1.807, 2.05) is 6.07 Å². The number of Topliss-reactive ketones (excluding diaryl/α,β-unsaturated/α-hetero) is 1. The predicted molar refractivity (Wildman–Crippen MR) is 75.7 cm³/mol. The molecule has 0 bridgehead atoms. The van der Waals surface area contributed by atoms with Crippen LogP contribution in [0.15, 0.2) is 36.5 Å². The lowest BCUT2D eigenvalue weighted by atomic mass is 10.1. The maximum Gasteiger partial charge on any atom is 0.227 e. The minimum absolute atomic E-state index is 0.0577. The fourth-order valence-electron chi connectivity index (χ4n) is 2.22. The molecular weight excluding hydrogens is 270 g/mol. The van der Waals surface area contributed by atoms with E-state index in [0.717, 1.165) is 0 Å². The Balaban J connectivity index is 2.37. The molecule has 0 aliphatic rings. The predicted octanol–water partition coefficient (Wildman–Crippen LogP) is 0.856. The number of aromatic nitrogens is 1. The van der Waals surface area contributed by atoms with Crippen molar-refractivity contribution >= 4 is 5.78 Å². The number of aliphatic hydroxyl groups is 2. The monoisotopic (exact) mass is 288 g/mol. The van der Waals surface area contributed by atoms with Crippen LogP contribution in [0.3, 0.4) is 0 Å². The summed E-state index contributed by atoms with van der Waals surface area (Å²) >= 11 is 0. The number of benzene rings is 1. The van der Waals surface area contributed by atoms with Gasteiger partial charge in [0, 0.05) is 18.1 Å². The van der Waals surface area contributed by atoms with Gasteiger partial charge in [0.1, 0.15) is 0 Å². The summed E-state index contributed by atoms with van der Waals surface area (Å²) in [5, 5.41) is 28.6. The summed E-state index contributed by atoms with van der Waals surface area (Å²) in [6.07, 6.45) is 1.58. The fourth-order valence-corrected chi connectivity index (χ4v) is 2.22. The first-order valence-electron chi connectivity index (χ1n) is 6.62. The molecule has 0 saturated carbocycles. The van der Waals surface area contributed by atoms with Gasteiger partial charge in [0.2, 0.25) is 18.0 Å². The van der Waals surface area contributed by atoms with Crippen molar-refractivity contribution in [2.75, 3.05) is 0 Å². The molecule has 0 atom stereocenters. The third-order valence-electron chi connectivity index (χ3n) is 3.50. The van der Waals surface area contributed by atoms with Crippen LogP contribution in [0.1, 0.15) is 27.2 Å². The summed E-state index contributed by atoms with van der Waals surface area (Å²) in [5.41, 5.74) is 1.75. The molecule has 2 aromatic rings. The molecule has 1 aromatic heterocycles. The van der Waals surface area contributed by atoms with Crippen LogP contribution in [0.25, 0.3) is 0 Å². The van der Waals surface area contributed by atoms with Crippen molar-refractivity contribution in [3.8, 4) is 5.75 Å². The minimum Gasteiger partial charge on any atom is -0.502 e. The van der Waals surface area contributed by atoms with E-state index in [9.17, 15) is 20.1 Å². The SMILES string of the molecule is Cc1c(O)c(CO)c(CO)c[n+]1CC(=O)c1ccccc1. The lowest BCUT2D eigenvalue weighted by Gasteiger charge is -2.09. The van der Waals surface area contributed by atoms with Gasteiger partial charge in [-0.25, -0.2) is 0 Å². The first-order chi connectivity index (χ1) is 10.1. The Morgan fingerprint density at radius 2 is 1.81 bits per heavy atom. The van der Waals surface area contributed by atoms with E-state index >= 15 is 0 Å². The zero-order valence-corrected chi connectivity index (χ0v) is 11.8. The van der Waals surface area contributed by atoms with Gasteiger partial charge in [-0.2, -0.15) is 4.57 Å². The van der Waals surface area contributed by atoms with Gasteiger partial charge in [-0.05, 0) is 0 Å². The van der Waals surface area contributed by atoms with Gasteiger partial charge in [0.05, 0.1) is 18.8 Å². The second kappa shape index (κ2) is 6.47. The summed E-state index contributed by atoms with van der Waals surface area (Å²) < 4.78 is 1.58. The minimum atomic E-state index is -0.365. The quantitative estimate of drug-likeness (QED) is 0.563. The zero-order valence-electron chi connectivity index (χ0n) is 11.8. The fraction of sp³-hybridized carbons (Fsp3) is 0.250. The lowest BCUT2D eigenvalue weighted by molar-refractivity contribution is -0.690. The molecule has 0 aliphatic carbocycles. The molecular formula is C16H18NO4+. The van der Waals surface area contributed by atoms with Crippen LogP contribution < -0.4 is 4.57 Å². The van der Waals surface area contributed by atoms with Crippen LogP contribution >= 0.6 is 0 Å². The van der Waals surface area contributed by atoms with Crippen molar-refractivity contribution in [2.24, 2.45) is 0 Å². The van der Waals surface area contributed by atoms with E-state index in [1.54, 1.807) is 42.0 Å². The molecule has 0 aliphatic heterocycles. The molecule has 0 spiro atoms. The van der Waals surface area contributed by atoms with E-state index in [2.05, 4.69) is 0 Å². The lowest BCUT2D eigenvalue weighted by Crippen LogP contribution is -2.41. The average Bonchev–Trinajstić information content (AvgIpc) is 2.52. The highest BCUT2D eigenvalue weighted by atomic mass is 16.3. The zero-order chi connectivity index (χ0) is 15.4. The smallest absolute Gasteiger partial charge is 0.227 e. The third kappa shape index (κ3) is 3.09. The molecule has 1 heterocycles. The standard InChI is InChI=1S/C16H17NO4/c1-11-16(21)14(10-19)13(9-18)7-17(11)8-15(20)12-5-3-2-4-6-12/h2-7,18-19H,8-10H2,1H3/p+1. The Labute approximate surface area is 122 Å². The van der Waals surface area contributed by atoms with E-state index < -0.39 is 0 Å². The maximum absolute atomic E-state index is 12.2. The van der Waals surface area contributed by atoms with Crippen LogP contribution in [-0.4, -0.2) is 21.1 Å². The number of hydrogen-bond acceptors (Lipinski definition) is 4. The maximum atomic E-state index is 12.2. The van der Waals surface area contributed by atoms with Gasteiger partial charge < -0.3 is 15.3 Å². The van der Waals surface area contributed by atoms with Crippen molar-refractivity contribution in [1.29, 1.82) is 0 Å². The summed E-state index contributed by atoms with van der Waals surface area (Å²) in [5.74, 6) is -0.186. The van der Waals surface area contributed by atoms with Crippen LogP contribution in [0.4, 0.5) is 0 Å². The largest absolute Gasteiger partial charge is 0.502 e. The average molecular weight is 288 g/mol. The summed E-state index contributed by atoms with van der Waals surface area (Å²) in [6.45, 7) is 1.04. The van der Waals surface area contributed by atoms with Crippen LogP contribution in [0.5, 0.6) is 5.75 Å². The number of carbonyl (C=O) groups excluding carboxylic acids is 1. The van der Waals surface area contributed by atoms with Crippen LogP contribution in [0, 0.1) is 6.92 Å². The second-order valence-corrected chi connectivity index (χ2v) is 4.80. The van der Waals surface area contributed by atoms with Crippen molar-refractivity contribution in [2.45, 2.75) is 26.7 Å². The molecule has 21 heavy (non-hydrogen) atoms. The molecule has 0 radical (unpaired) electrons. The Morgan fingerprint density at radius 3 is 2.38 bits per heavy atom. The molecule has 0 unspecified atom stereocenters. The number of ketones is 1. The molecule has 5 nitrogen and oxygen atoms in total. The number of carbonyl (C=O) groups is 1. The molecule has 0 fully saturated rings. The highest BCUT2D eigenvalue weighted by molar-refractivity contribution is 5.94. The van der Waals surface area contributed by atoms with Crippen molar-refractivity contribution in [3.05, 3.63) is 58.9 Å².